The van der Waals surface area contributed by atoms with Crippen LogP contribution < -0.4 is 0 Å². The van der Waals surface area contributed by atoms with Crippen LogP contribution in [-0.4, -0.2) is 31.6 Å². The summed E-state index contributed by atoms with van der Waals surface area (Å²) in [5, 5.41) is 17.4. The van der Waals surface area contributed by atoms with Gasteiger partial charge in [-0.1, -0.05) is 23.7 Å². The van der Waals surface area contributed by atoms with Crippen molar-refractivity contribution in [2.24, 2.45) is 4.99 Å². The van der Waals surface area contributed by atoms with Gasteiger partial charge in [0.2, 0.25) is 5.82 Å². The van der Waals surface area contributed by atoms with Gasteiger partial charge in [0.15, 0.2) is 5.82 Å². The van der Waals surface area contributed by atoms with E-state index in [2.05, 4.69) is 15.2 Å². The number of aliphatic imine (C=N–C) groups is 1. The highest BCUT2D eigenvalue weighted by Crippen LogP contribution is 2.28. The van der Waals surface area contributed by atoms with Gasteiger partial charge in [0.05, 0.1) is 11.4 Å². The van der Waals surface area contributed by atoms with E-state index in [9.17, 15) is 14.3 Å². The van der Waals surface area contributed by atoms with Crippen LogP contribution in [0.1, 0.15) is 27.6 Å². The maximum Gasteiger partial charge on any atom is 0.374 e. The van der Waals surface area contributed by atoms with E-state index in [0.29, 0.717) is 33.4 Å². The Morgan fingerprint density at radius 1 is 1.16 bits per heavy atom. The Balaban J connectivity index is 2.03. The van der Waals surface area contributed by atoms with Gasteiger partial charge >= 0.3 is 5.97 Å². The average molecular weight is 357 g/mol. The Bertz CT molecular complexity index is 1040. The lowest BCUT2D eigenvalue weighted by Crippen LogP contribution is -2.13. The third-order valence-electron chi connectivity index (χ3n) is 3.88. The summed E-state index contributed by atoms with van der Waals surface area (Å²) in [5.41, 5.74) is 1.69. The molecule has 8 heteroatoms. The van der Waals surface area contributed by atoms with Gasteiger partial charge in [-0.25, -0.2) is 9.18 Å². The highest BCUT2D eigenvalue weighted by atomic mass is 35.5. The van der Waals surface area contributed by atoms with Gasteiger partial charge in [0.1, 0.15) is 12.4 Å². The zero-order valence-electron chi connectivity index (χ0n) is 12.6. The lowest BCUT2D eigenvalue weighted by molar-refractivity contribution is 0.0680. The maximum atomic E-state index is 14.3. The smallest absolute Gasteiger partial charge is 0.374 e. The molecule has 1 N–H and O–H groups in total. The van der Waals surface area contributed by atoms with Crippen molar-refractivity contribution in [2.75, 3.05) is 0 Å². The van der Waals surface area contributed by atoms with E-state index in [1.165, 1.54) is 10.6 Å². The quantitative estimate of drug-likeness (QED) is 0.765. The minimum atomic E-state index is -1.21. The summed E-state index contributed by atoms with van der Waals surface area (Å²) in [4.78, 5) is 15.9. The number of hydrogen-bond donors (Lipinski definition) is 1. The molecule has 2 heterocycles. The second-order valence-corrected chi connectivity index (χ2v) is 5.82. The predicted octanol–water partition coefficient (Wildman–Crippen LogP) is 3.11. The molecule has 0 aliphatic carbocycles. The number of carboxylic acids is 1. The molecule has 0 unspecified atom stereocenters. The highest BCUT2D eigenvalue weighted by Gasteiger charge is 2.26. The first-order chi connectivity index (χ1) is 12.1. The second kappa shape index (κ2) is 5.78. The summed E-state index contributed by atoms with van der Waals surface area (Å²) in [6.45, 7) is 0.0657. The molecule has 0 bridgehead atoms. The lowest BCUT2D eigenvalue weighted by atomic mass is 10.00. The summed E-state index contributed by atoms with van der Waals surface area (Å²) in [7, 11) is 0. The SMILES string of the molecule is O=C(O)c1nnc2n1-c1ccc(Cl)cc1C(c1ccccc1F)=NC2. The zero-order valence-corrected chi connectivity index (χ0v) is 13.4. The summed E-state index contributed by atoms with van der Waals surface area (Å²) >= 11 is 6.12. The highest BCUT2D eigenvalue weighted by molar-refractivity contribution is 6.31. The molecule has 0 radical (unpaired) electrons. The van der Waals surface area contributed by atoms with Crippen LogP contribution >= 0.6 is 11.6 Å². The fraction of sp³-hybridized carbons (Fsp3) is 0.0588. The number of halogens is 2. The third kappa shape index (κ3) is 2.49. The molecule has 2 aromatic carbocycles. The van der Waals surface area contributed by atoms with E-state index in [1.807, 2.05) is 0 Å². The molecule has 25 heavy (non-hydrogen) atoms. The van der Waals surface area contributed by atoms with Gasteiger partial charge in [-0.05, 0) is 30.3 Å². The van der Waals surface area contributed by atoms with E-state index in [-0.39, 0.29) is 12.4 Å². The van der Waals surface area contributed by atoms with Crippen LogP contribution in [0.5, 0.6) is 0 Å². The number of benzene rings is 2. The first-order valence-electron chi connectivity index (χ1n) is 7.33. The number of carbonyl (C=O) groups is 1. The first-order valence-corrected chi connectivity index (χ1v) is 7.71. The van der Waals surface area contributed by atoms with Crippen molar-refractivity contribution in [1.29, 1.82) is 0 Å². The molecule has 0 spiro atoms. The Hall–Kier alpha value is -3.06. The Labute approximate surface area is 146 Å². The molecule has 1 aliphatic rings. The van der Waals surface area contributed by atoms with Crippen LogP contribution in [0.4, 0.5) is 4.39 Å². The van der Waals surface area contributed by atoms with Crippen LogP contribution in [0.25, 0.3) is 5.69 Å². The van der Waals surface area contributed by atoms with Crippen molar-refractivity contribution in [3.8, 4) is 5.69 Å². The topological polar surface area (TPSA) is 80.4 Å². The molecule has 0 saturated carbocycles. The number of hydrogen-bond acceptors (Lipinski definition) is 4. The van der Waals surface area contributed by atoms with Gasteiger partial charge in [-0.3, -0.25) is 9.56 Å². The first kappa shape index (κ1) is 15.5. The number of aromatic nitrogens is 3. The van der Waals surface area contributed by atoms with Crippen molar-refractivity contribution in [1.82, 2.24) is 14.8 Å². The molecule has 0 atom stereocenters. The number of fused-ring (bicyclic) bond motifs is 3. The van der Waals surface area contributed by atoms with Crippen molar-refractivity contribution in [3.05, 3.63) is 76.1 Å². The summed E-state index contributed by atoms with van der Waals surface area (Å²) in [5.74, 6) is -1.52. The minimum Gasteiger partial charge on any atom is -0.475 e. The molecule has 1 aromatic heterocycles. The monoisotopic (exact) mass is 356 g/mol. The van der Waals surface area contributed by atoms with Crippen molar-refractivity contribution < 1.29 is 14.3 Å². The van der Waals surface area contributed by atoms with Crippen LogP contribution in [0.2, 0.25) is 5.02 Å². The average Bonchev–Trinajstić information content (AvgIpc) is 2.94. The normalized spacial score (nSPS) is 12.8. The van der Waals surface area contributed by atoms with E-state index in [4.69, 9.17) is 11.6 Å². The molecular formula is C17H10ClFN4O2. The van der Waals surface area contributed by atoms with E-state index in [1.54, 1.807) is 36.4 Å². The predicted molar refractivity (Wildman–Crippen MR) is 89.1 cm³/mol. The standard InChI is InChI=1S/C17H10ClFN4O2/c18-9-5-6-13-11(7-9)15(10-3-1-2-4-12(10)19)20-8-14-21-22-16(17(24)25)23(13)14/h1-7H,8H2,(H,24,25). The largest absolute Gasteiger partial charge is 0.475 e. The molecule has 0 amide bonds. The molecule has 3 aromatic rings. The van der Waals surface area contributed by atoms with Crippen LogP contribution in [0.3, 0.4) is 0 Å². The van der Waals surface area contributed by atoms with E-state index >= 15 is 0 Å². The van der Waals surface area contributed by atoms with Gasteiger partial charge in [-0.15, -0.1) is 10.2 Å². The molecule has 0 fully saturated rings. The molecule has 6 nitrogen and oxygen atoms in total. The van der Waals surface area contributed by atoms with Gasteiger partial charge in [0.25, 0.3) is 0 Å². The Kier molecular flexibility index (Phi) is 3.58. The Morgan fingerprint density at radius 2 is 1.96 bits per heavy atom. The molecule has 4 rings (SSSR count). The van der Waals surface area contributed by atoms with Crippen molar-refractivity contribution >= 4 is 23.3 Å². The fourth-order valence-electron chi connectivity index (χ4n) is 2.82. The number of aromatic carboxylic acids is 1. The molecule has 0 saturated heterocycles. The van der Waals surface area contributed by atoms with E-state index < -0.39 is 11.8 Å². The number of rotatable bonds is 2. The van der Waals surface area contributed by atoms with Crippen molar-refractivity contribution in [3.63, 3.8) is 0 Å². The lowest BCUT2D eigenvalue weighted by Gasteiger charge is -2.13. The molecule has 1 aliphatic heterocycles. The number of carboxylic acid groups (broad SMARTS) is 1. The van der Waals surface area contributed by atoms with Crippen LogP contribution in [-0.2, 0) is 6.54 Å². The molecular weight excluding hydrogens is 347 g/mol. The van der Waals surface area contributed by atoms with Crippen LogP contribution in [0, 0.1) is 5.82 Å². The minimum absolute atomic E-state index is 0.0657. The zero-order chi connectivity index (χ0) is 17.6. The van der Waals surface area contributed by atoms with Crippen LogP contribution in [0.15, 0.2) is 47.5 Å². The summed E-state index contributed by atoms with van der Waals surface area (Å²) in [6.07, 6.45) is 0. The molecule has 124 valence electrons. The summed E-state index contributed by atoms with van der Waals surface area (Å²) in [6, 6.07) is 11.2. The van der Waals surface area contributed by atoms with Gasteiger partial charge in [0, 0.05) is 16.1 Å². The number of nitrogens with zero attached hydrogens (tertiary/aromatic N) is 4. The Morgan fingerprint density at radius 3 is 2.72 bits per heavy atom. The fourth-order valence-corrected chi connectivity index (χ4v) is 2.99. The maximum absolute atomic E-state index is 14.3. The summed E-state index contributed by atoms with van der Waals surface area (Å²) < 4.78 is 15.7. The second-order valence-electron chi connectivity index (χ2n) is 5.39. The third-order valence-corrected chi connectivity index (χ3v) is 4.12. The van der Waals surface area contributed by atoms with Crippen molar-refractivity contribution in [2.45, 2.75) is 6.54 Å². The van der Waals surface area contributed by atoms with Gasteiger partial charge in [-0.2, -0.15) is 0 Å². The van der Waals surface area contributed by atoms with Gasteiger partial charge < -0.3 is 5.11 Å². The van der Waals surface area contributed by atoms with E-state index in [0.717, 1.165) is 0 Å².